The molecule has 0 aromatic rings. The van der Waals surface area contributed by atoms with E-state index < -0.39 is 5.79 Å². The molecule has 3 nitrogen and oxygen atoms in total. The highest BCUT2D eigenvalue weighted by atomic mass is 16.5. The van der Waals surface area contributed by atoms with Crippen molar-refractivity contribution >= 4 is 0 Å². The summed E-state index contributed by atoms with van der Waals surface area (Å²) in [5.41, 5.74) is -0.380. The Morgan fingerprint density at radius 3 is 1.95 bits per heavy atom. The van der Waals surface area contributed by atoms with Crippen molar-refractivity contribution in [3.8, 4) is 0 Å². The van der Waals surface area contributed by atoms with Gasteiger partial charge in [-0.25, -0.2) is 0 Å². The van der Waals surface area contributed by atoms with Crippen LogP contribution in [0.25, 0.3) is 0 Å². The van der Waals surface area contributed by atoms with Crippen LogP contribution in [0.3, 0.4) is 0 Å². The number of nitrogens with zero attached hydrogens (tertiary/aromatic N) is 1. The van der Waals surface area contributed by atoms with Gasteiger partial charge in [0.05, 0.1) is 0 Å². The molecule has 0 saturated carbocycles. The van der Waals surface area contributed by atoms with Gasteiger partial charge in [-0.3, -0.25) is 0 Å². The molecular formula is C16H33NO2. The maximum Gasteiger partial charge on any atom is 0.165 e. The van der Waals surface area contributed by atoms with Crippen molar-refractivity contribution in [2.24, 2.45) is 5.41 Å². The summed E-state index contributed by atoms with van der Waals surface area (Å²) >= 11 is 0. The lowest BCUT2D eigenvalue weighted by atomic mass is 9.70. The zero-order chi connectivity index (χ0) is 14.5. The second kappa shape index (κ2) is 7.05. The van der Waals surface area contributed by atoms with Crippen LogP contribution in [-0.4, -0.2) is 40.0 Å². The minimum Gasteiger partial charge on any atom is -0.365 e. The van der Waals surface area contributed by atoms with Gasteiger partial charge < -0.3 is 15.1 Å². The fourth-order valence-corrected chi connectivity index (χ4v) is 3.71. The Kier molecular flexibility index (Phi) is 6.28. The number of aliphatic hydroxyl groups is 2. The second-order valence-electron chi connectivity index (χ2n) is 6.40. The molecule has 0 unspecified atom stereocenters. The van der Waals surface area contributed by atoms with Gasteiger partial charge in [-0.2, -0.15) is 0 Å². The summed E-state index contributed by atoms with van der Waals surface area (Å²) in [6.45, 7) is 10.3. The Labute approximate surface area is 119 Å². The Morgan fingerprint density at radius 1 is 1.05 bits per heavy atom. The predicted octanol–water partition coefficient (Wildman–Crippen LogP) is 3.15. The van der Waals surface area contributed by atoms with E-state index in [2.05, 4.69) is 25.7 Å². The Morgan fingerprint density at radius 2 is 1.58 bits per heavy atom. The number of hydrogen-bond donors (Lipinski definition) is 2. The lowest BCUT2D eigenvalue weighted by Gasteiger charge is -2.45. The van der Waals surface area contributed by atoms with Crippen LogP contribution in [0.15, 0.2) is 0 Å². The number of rotatable bonds is 8. The Balaban J connectivity index is 2.84. The molecule has 1 heterocycles. The highest BCUT2D eigenvalue weighted by Gasteiger charge is 2.45. The third-order valence-corrected chi connectivity index (χ3v) is 5.26. The van der Waals surface area contributed by atoms with Crippen LogP contribution >= 0.6 is 0 Å². The summed E-state index contributed by atoms with van der Waals surface area (Å²) in [5.74, 6) is -1.58. The van der Waals surface area contributed by atoms with E-state index in [1.165, 1.54) is 25.9 Å². The lowest BCUT2D eigenvalue weighted by Crippen LogP contribution is -2.49. The van der Waals surface area contributed by atoms with E-state index in [4.69, 9.17) is 0 Å². The Bertz CT molecular complexity index is 250. The van der Waals surface area contributed by atoms with Gasteiger partial charge >= 0.3 is 0 Å². The highest BCUT2D eigenvalue weighted by Crippen LogP contribution is 2.43. The molecule has 1 atom stereocenters. The van der Waals surface area contributed by atoms with Crippen LogP contribution in [0.2, 0.25) is 0 Å². The molecule has 3 heteroatoms. The molecule has 0 bridgehead atoms. The van der Waals surface area contributed by atoms with Gasteiger partial charge in [0.1, 0.15) is 0 Å². The van der Waals surface area contributed by atoms with Gasteiger partial charge in [0, 0.05) is 11.5 Å². The highest BCUT2D eigenvalue weighted by molar-refractivity contribution is 4.92. The molecule has 0 amide bonds. The molecule has 114 valence electrons. The SMILES string of the molecule is CCC[C@H](CC(CC)(CC)C(C)(O)O)N1CCCC1. The van der Waals surface area contributed by atoms with Crippen LogP contribution in [-0.2, 0) is 0 Å². The van der Waals surface area contributed by atoms with E-state index in [1.807, 2.05) is 0 Å². The average molecular weight is 271 g/mol. The molecule has 2 N–H and O–H groups in total. The fraction of sp³-hybridized carbons (Fsp3) is 1.00. The Hall–Kier alpha value is -0.120. The summed E-state index contributed by atoms with van der Waals surface area (Å²) < 4.78 is 0. The third-order valence-electron chi connectivity index (χ3n) is 5.26. The maximum atomic E-state index is 10.2. The van der Waals surface area contributed by atoms with E-state index in [-0.39, 0.29) is 5.41 Å². The van der Waals surface area contributed by atoms with Gasteiger partial charge in [-0.1, -0.05) is 27.2 Å². The first-order valence-corrected chi connectivity index (χ1v) is 8.09. The molecule has 0 radical (unpaired) electrons. The van der Waals surface area contributed by atoms with Crippen LogP contribution in [0.4, 0.5) is 0 Å². The van der Waals surface area contributed by atoms with Crippen molar-refractivity contribution in [2.45, 2.75) is 84.5 Å². The van der Waals surface area contributed by atoms with Gasteiger partial charge in [-0.05, 0) is 58.5 Å². The molecule has 0 aliphatic carbocycles. The zero-order valence-corrected chi connectivity index (χ0v) is 13.3. The smallest absolute Gasteiger partial charge is 0.165 e. The lowest BCUT2D eigenvalue weighted by molar-refractivity contribution is -0.239. The largest absolute Gasteiger partial charge is 0.365 e. The fourth-order valence-electron chi connectivity index (χ4n) is 3.71. The van der Waals surface area contributed by atoms with Crippen molar-refractivity contribution < 1.29 is 10.2 Å². The summed E-state index contributed by atoms with van der Waals surface area (Å²) in [7, 11) is 0. The van der Waals surface area contributed by atoms with E-state index >= 15 is 0 Å². The first-order valence-electron chi connectivity index (χ1n) is 8.09. The van der Waals surface area contributed by atoms with Crippen molar-refractivity contribution in [3.63, 3.8) is 0 Å². The van der Waals surface area contributed by atoms with Gasteiger partial charge in [0.15, 0.2) is 5.79 Å². The normalized spacial score (nSPS) is 19.9. The predicted molar refractivity (Wildman–Crippen MR) is 80.0 cm³/mol. The summed E-state index contributed by atoms with van der Waals surface area (Å²) in [6, 6.07) is 0.506. The van der Waals surface area contributed by atoms with Crippen LogP contribution < -0.4 is 0 Å². The van der Waals surface area contributed by atoms with Gasteiger partial charge in [-0.15, -0.1) is 0 Å². The zero-order valence-electron chi connectivity index (χ0n) is 13.3. The molecular weight excluding hydrogens is 238 g/mol. The molecule has 0 aromatic heterocycles. The first-order chi connectivity index (χ1) is 8.90. The van der Waals surface area contributed by atoms with Crippen molar-refractivity contribution in [2.75, 3.05) is 13.1 Å². The molecule has 1 saturated heterocycles. The molecule has 0 spiro atoms. The second-order valence-corrected chi connectivity index (χ2v) is 6.40. The van der Waals surface area contributed by atoms with Crippen molar-refractivity contribution in [1.82, 2.24) is 4.90 Å². The first kappa shape index (κ1) is 16.9. The van der Waals surface area contributed by atoms with E-state index in [0.29, 0.717) is 6.04 Å². The summed E-state index contributed by atoms with van der Waals surface area (Å²) in [6.07, 6.45) is 7.46. The quantitative estimate of drug-likeness (QED) is 0.667. The monoisotopic (exact) mass is 271 g/mol. The van der Waals surface area contributed by atoms with E-state index in [1.54, 1.807) is 6.92 Å². The average Bonchev–Trinajstić information content (AvgIpc) is 2.87. The van der Waals surface area contributed by atoms with Crippen molar-refractivity contribution in [1.29, 1.82) is 0 Å². The van der Waals surface area contributed by atoms with Gasteiger partial charge in [0.25, 0.3) is 0 Å². The number of likely N-dealkylation sites (tertiary alicyclic amines) is 1. The molecule has 1 rings (SSSR count). The van der Waals surface area contributed by atoms with Crippen LogP contribution in [0.1, 0.15) is 72.6 Å². The molecule has 19 heavy (non-hydrogen) atoms. The number of hydrogen-bond acceptors (Lipinski definition) is 3. The molecule has 1 fully saturated rings. The topological polar surface area (TPSA) is 43.7 Å². The molecule has 1 aliphatic rings. The molecule has 1 aliphatic heterocycles. The van der Waals surface area contributed by atoms with Crippen LogP contribution in [0, 0.1) is 5.41 Å². The summed E-state index contributed by atoms with van der Waals surface area (Å²) in [4.78, 5) is 2.56. The standard InChI is InChI=1S/C16H33NO2/c1-5-10-14(17-11-8-9-12-17)13-16(6-2,7-3)15(4,18)19/h14,18-19H,5-13H2,1-4H3/t14-/m1/s1. The van der Waals surface area contributed by atoms with E-state index in [0.717, 1.165) is 32.1 Å². The minimum atomic E-state index is -1.58. The molecule has 0 aromatic carbocycles. The minimum absolute atomic E-state index is 0.380. The van der Waals surface area contributed by atoms with Gasteiger partial charge in [0.2, 0.25) is 0 Å². The third kappa shape index (κ3) is 3.93. The maximum absolute atomic E-state index is 10.2. The van der Waals surface area contributed by atoms with E-state index in [9.17, 15) is 10.2 Å². The summed E-state index contributed by atoms with van der Waals surface area (Å²) in [5, 5.41) is 20.4. The van der Waals surface area contributed by atoms with Crippen LogP contribution in [0.5, 0.6) is 0 Å². The van der Waals surface area contributed by atoms with Crippen molar-refractivity contribution in [3.05, 3.63) is 0 Å².